The molecule has 136 valence electrons. The maximum absolute atomic E-state index is 11.6. The smallest absolute Gasteiger partial charge is 0.355 e. The minimum absolute atomic E-state index is 0.507. The lowest BCUT2D eigenvalue weighted by atomic mass is 10.2. The predicted octanol–water partition coefficient (Wildman–Crippen LogP) is 2.49. The second-order valence-electron chi connectivity index (χ2n) is 6.04. The summed E-state index contributed by atoms with van der Waals surface area (Å²) in [5.41, 5.74) is 8.71. The molecule has 2 aromatic rings. The molecule has 0 aromatic heterocycles. The number of urea groups is 1. The van der Waals surface area contributed by atoms with Crippen LogP contribution in [-0.2, 0) is 0 Å². The molecule has 7 heteroatoms. The molecule has 26 heavy (non-hydrogen) atoms. The largest absolute Gasteiger partial charge is 0.378 e. The first-order valence-corrected chi connectivity index (χ1v) is 8.12. The van der Waals surface area contributed by atoms with Crippen LogP contribution in [0.15, 0.2) is 58.7 Å². The summed E-state index contributed by atoms with van der Waals surface area (Å²) in [4.78, 5) is 15.7. The van der Waals surface area contributed by atoms with Crippen LogP contribution in [0.2, 0.25) is 0 Å². The number of nitrogens with zero attached hydrogens (tertiary/aromatic N) is 4. The van der Waals surface area contributed by atoms with E-state index in [9.17, 15) is 4.79 Å². The van der Waals surface area contributed by atoms with Gasteiger partial charge in [-0.25, -0.2) is 15.6 Å². The van der Waals surface area contributed by atoms with E-state index < -0.39 is 6.03 Å². The number of hydrogen-bond acceptors (Lipinski definition) is 5. The molecule has 0 aliphatic rings. The van der Waals surface area contributed by atoms with Gasteiger partial charge in [0.2, 0.25) is 0 Å². The van der Waals surface area contributed by atoms with Crippen LogP contribution in [0.4, 0.5) is 16.2 Å². The van der Waals surface area contributed by atoms with Crippen molar-refractivity contribution in [1.82, 2.24) is 10.9 Å². The molecule has 0 saturated carbocycles. The van der Waals surface area contributed by atoms with Crippen molar-refractivity contribution in [3.05, 3.63) is 59.7 Å². The van der Waals surface area contributed by atoms with Gasteiger partial charge in [0.1, 0.15) is 0 Å². The normalized spacial score (nSPS) is 10.9. The van der Waals surface area contributed by atoms with Crippen molar-refractivity contribution in [1.29, 1.82) is 0 Å². The van der Waals surface area contributed by atoms with E-state index in [0.717, 1.165) is 22.5 Å². The first kappa shape index (κ1) is 19.0. The molecule has 2 rings (SSSR count). The average molecular weight is 352 g/mol. The van der Waals surface area contributed by atoms with Crippen LogP contribution in [0.1, 0.15) is 11.1 Å². The van der Waals surface area contributed by atoms with Crippen molar-refractivity contribution in [3.63, 3.8) is 0 Å². The third kappa shape index (κ3) is 5.94. The van der Waals surface area contributed by atoms with Gasteiger partial charge in [-0.15, -0.1) is 0 Å². The maximum Gasteiger partial charge on any atom is 0.355 e. The van der Waals surface area contributed by atoms with Crippen molar-refractivity contribution in [2.24, 2.45) is 10.2 Å². The molecule has 0 saturated heterocycles. The predicted molar refractivity (Wildman–Crippen MR) is 108 cm³/mol. The van der Waals surface area contributed by atoms with Gasteiger partial charge in [0.25, 0.3) is 0 Å². The summed E-state index contributed by atoms with van der Waals surface area (Å²) in [5.74, 6) is 0. The second-order valence-corrected chi connectivity index (χ2v) is 6.04. The quantitative estimate of drug-likeness (QED) is 0.620. The third-order valence-corrected chi connectivity index (χ3v) is 3.58. The number of carbonyl (C=O) groups is 1. The lowest BCUT2D eigenvalue weighted by molar-refractivity contribution is 0.242. The van der Waals surface area contributed by atoms with Crippen molar-refractivity contribution < 1.29 is 4.79 Å². The highest BCUT2D eigenvalue weighted by molar-refractivity contribution is 5.84. The number of carbonyl (C=O) groups excluding carboxylic acids is 1. The minimum Gasteiger partial charge on any atom is -0.378 e. The summed E-state index contributed by atoms with van der Waals surface area (Å²) in [5, 5.41) is 7.79. The molecule has 0 spiro atoms. The topological polar surface area (TPSA) is 72.3 Å². The molecular formula is C19H24N6O. The van der Waals surface area contributed by atoms with Crippen LogP contribution in [0.3, 0.4) is 0 Å². The van der Waals surface area contributed by atoms with E-state index in [2.05, 4.69) is 21.1 Å². The SMILES string of the molecule is CN(C)c1ccc(/C=N\NC(=O)N/N=C\c2ccc(N(C)C)cc2)cc1. The minimum atomic E-state index is -0.507. The van der Waals surface area contributed by atoms with E-state index >= 15 is 0 Å². The molecule has 0 radical (unpaired) electrons. The average Bonchev–Trinajstić information content (AvgIpc) is 2.62. The molecule has 0 heterocycles. The van der Waals surface area contributed by atoms with Gasteiger partial charge < -0.3 is 9.80 Å². The number of anilines is 2. The summed E-state index contributed by atoms with van der Waals surface area (Å²) < 4.78 is 0. The molecule has 2 aromatic carbocycles. The molecule has 0 atom stereocenters. The first-order valence-electron chi connectivity index (χ1n) is 8.12. The van der Waals surface area contributed by atoms with Gasteiger partial charge in [0.05, 0.1) is 12.4 Å². The van der Waals surface area contributed by atoms with E-state index in [0.29, 0.717) is 0 Å². The summed E-state index contributed by atoms with van der Waals surface area (Å²) in [6, 6.07) is 15.1. The van der Waals surface area contributed by atoms with Gasteiger partial charge >= 0.3 is 6.03 Å². The standard InChI is InChI=1S/C19H24N6O/c1-24(2)17-9-5-15(6-10-17)13-20-22-19(26)23-21-14-16-7-11-18(12-8-16)25(3)4/h5-14H,1-4H3,(H2,22,23,26)/b20-13-,21-14-. The van der Waals surface area contributed by atoms with Crippen molar-refractivity contribution in [2.45, 2.75) is 0 Å². The molecule has 0 bridgehead atoms. The molecule has 2 amide bonds. The maximum atomic E-state index is 11.6. The van der Waals surface area contributed by atoms with E-state index in [1.165, 1.54) is 0 Å². The molecule has 0 aliphatic carbocycles. The van der Waals surface area contributed by atoms with Gasteiger partial charge in [0.15, 0.2) is 0 Å². The molecule has 2 N–H and O–H groups in total. The first-order chi connectivity index (χ1) is 12.5. The highest BCUT2D eigenvalue weighted by atomic mass is 16.2. The Morgan fingerprint density at radius 2 is 1.08 bits per heavy atom. The van der Waals surface area contributed by atoms with E-state index in [1.54, 1.807) is 12.4 Å². The van der Waals surface area contributed by atoms with E-state index in [-0.39, 0.29) is 0 Å². The number of benzene rings is 2. The Morgan fingerprint density at radius 3 is 1.38 bits per heavy atom. The number of rotatable bonds is 6. The lowest BCUT2D eigenvalue weighted by Crippen LogP contribution is -2.28. The summed E-state index contributed by atoms with van der Waals surface area (Å²) in [7, 11) is 7.91. The lowest BCUT2D eigenvalue weighted by Gasteiger charge is -2.11. The fraction of sp³-hybridized carbons (Fsp3) is 0.211. The van der Waals surface area contributed by atoms with Gasteiger partial charge in [-0.05, 0) is 35.4 Å². The fourth-order valence-electron chi connectivity index (χ4n) is 2.07. The number of hydrazone groups is 2. The van der Waals surface area contributed by atoms with Crippen molar-refractivity contribution >= 4 is 29.8 Å². The van der Waals surface area contributed by atoms with Gasteiger partial charge in [0, 0.05) is 39.6 Å². The Hall–Kier alpha value is -3.35. The van der Waals surface area contributed by atoms with Gasteiger partial charge in [-0.3, -0.25) is 0 Å². The van der Waals surface area contributed by atoms with Crippen LogP contribution >= 0.6 is 0 Å². The zero-order valence-corrected chi connectivity index (χ0v) is 15.5. The number of amides is 2. The Labute approximate surface area is 154 Å². The summed E-state index contributed by atoms with van der Waals surface area (Å²) in [6.07, 6.45) is 3.14. The van der Waals surface area contributed by atoms with Crippen LogP contribution < -0.4 is 20.7 Å². The number of nitrogens with one attached hydrogen (secondary N) is 2. The van der Waals surface area contributed by atoms with Crippen LogP contribution in [0.5, 0.6) is 0 Å². The molecule has 0 unspecified atom stereocenters. The van der Waals surface area contributed by atoms with Crippen LogP contribution in [0, 0.1) is 0 Å². The van der Waals surface area contributed by atoms with Crippen molar-refractivity contribution in [3.8, 4) is 0 Å². The Balaban J connectivity index is 1.79. The highest BCUT2D eigenvalue weighted by Crippen LogP contribution is 2.11. The summed E-state index contributed by atoms with van der Waals surface area (Å²) in [6.45, 7) is 0. The van der Waals surface area contributed by atoms with Crippen molar-refractivity contribution in [2.75, 3.05) is 38.0 Å². The third-order valence-electron chi connectivity index (χ3n) is 3.58. The van der Waals surface area contributed by atoms with E-state index in [4.69, 9.17) is 0 Å². The molecular weight excluding hydrogens is 328 g/mol. The molecule has 0 fully saturated rings. The van der Waals surface area contributed by atoms with Gasteiger partial charge in [-0.1, -0.05) is 24.3 Å². The molecule has 0 aliphatic heterocycles. The Kier molecular flexibility index (Phi) is 6.73. The Morgan fingerprint density at radius 1 is 0.731 bits per heavy atom. The van der Waals surface area contributed by atoms with Gasteiger partial charge in [-0.2, -0.15) is 10.2 Å². The zero-order valence-electron chi connectivity index (χ0n) is 15.5. The summed E-state index contributed by atoms with van der Waals surface area (Å²) >= 11 is 0. The second kappa shape index (κ2) is 9.22. The van der Waals surface area contributed by atoms with Crippen LogP contribution in [-0.4, -0.2) is 46.7 Å². The number of hydrogen-bond donors (Lipinski definition) is 2. The molecule has 7 nitrogen and oxygen atoms in total. The zero-order chi connectivity index (χ0) is 18.9. The van der Waals surface area contributed by atoms with Crippen LogP contribution in [0.25, 0.3) is 0 Å². The monoisotopic (exact) mass is 352 g/mol. The highest BCUT2D eigenvalue weighted by Gasteiger charge is 1.97. The Bertz CT molecular complexity index is 698. The fourth-order valence-corrected chi connectivity index (χ4v) is 2.07. The van der Waals surface area contributed by atoms with E-state index in [1.807, 2.05) is 86.5 Å².